The number of rotatable bonds is 4. The van der Waals surface area contributed by atoms with E-state index in [-0.39, 0.29) is 17.9 Å². The molecule has 0 bridgehead atoms. The molecule has 2 unspecified atom stereocenters. The summed E-state index contributed by atoms with van der Waals surface area (Å²) in [5, 5.41) is 11.9. The van der Waals surface area contributed by atoms with Crippen molar-refractivity contribution in [2.75, 3.05) is 0 Å². The summed E-state index contributed by atoms with van der Waals surface area (Å²) in [7, 11) is 0. The van der Waals surface area contributed by atoms with Crippen molar-refractivity contribution in [1.29, 1.82) is 0 Å². The van der Waals surface area contributed by atoms with Crippen LogP contribution in [0.2, 0.25) is 0 Å². The van der Waals surface area contributed by atoms with Gasteiger partial charge in [-0.1, -0.05) is 30.3 Å². The van der Waals surface area contributed by atoms with Gasteiger partial charge >= 0.3 is 5.97 Å². The Bertz CT molecular complexity index is 520. The molecule has 0 spiro atoms. The molecule has 4 nitrogen and oxygen atoms in total. The minimum atomic E-state index is -0.845. The van der Waals surface area contributed by atoms with Gasteiger partial charge in [0.2, 0.25) is 5.91 Å². The van der Waals surface area contributed by atoms with Gasteiger partial charge in [0, 0.05) is 6.04 Å². The quantitative estimate of drug-likeness (QED) is 0.894. The number of carboxylic acids is 1. The summed E-state index contributed by atoms with van der Waals surface area (Å²) in [6.45, 7) is 0. The van der Waals surface area contributed by atoms with E-state index in [1.54, 1.807) is 0 Å². The van der Waals surface area contributed by atoms with Gasteiger partial charge in [-0.2, -0.15) is 0 Å². The highest BCUT2D eigenvalue weighted by Gasteiger charge is 2.48. The maximum absolute atomic E-state index is 12.0. The van der Waals surface area contributed by atoms with Crippen LogP contribution in [0.25, 0.3) is 0 Å². The molecular weight excluding hydrogens is 266 g/mol. The third-order valence-electron chi connectivity index (χ3n) is 4.79. The van der Waals surface area contributed by atoms with Gasteiger partial charge in [-0.05, 0) is 43.6 Å². The second kappa shape index (κ2) is 5.88. The fourth-order valence-electron chi connectivity index (χ4n) is 3.36. The zero-order chi connectivity index (χ0) is 14.8. The molecule has 1 aromatic carbocycles. The first-order valence-electron chi connectivity index (χ1n) is 7.73. The molecule has 0 saturated heterocycles. The highest BCUT2D eigenvalue weighted by atomic mass is 16.4. The summed E-state index contributed by atoms with van der Waals surface area (Å²) >= 11 is 0. The lowest BCUT2D eigenvalue weighted by molar-refractivity contribution is -0.140. The molecule has 3 rings (SSSR count). The summed E-state index contributed by atoms with van der Waals surface area (Å²) in [6.07, 6.45) is 4.63. The minimum absolute atomic E-state index is 0.0643. The Morgan fingerprint density at radius 3 is 2.24 bits per heavy atom. The Hall–Kier alpha value is -1.84. The maximum atomic E-state index is 12.0. The van der Waals surface area contributed by atoms with E-state index in [1.807, 2.05) is 6.07 Å². The molecule has 2 aliphatic carbocycles. The van der Waals surface area contributed by atoms with Gasteiger partial charge < -0.3 is 10.4 Å². The Balaban J connectivity index is 1.46. The molecule has 0 aromatic heterocycles. The van der Waals surface area contributed by atoms with Crippen molar-refractivity contribution in [2.24, 2.45) is 11.8 Å². The molecule has 1 aromatic rings. The van der Waals surface area contributed by atoms with Gasteiger partial charge in [-0.25, -0.2) is 0 Å². The number of nitrogens with one attached hydrogen (secondary N) is 1. The van der Waals surface area contributed by atoms with Crippen molar-refractivity contribution in [3.8, 4) is 0 Å². The van der Waals surface area contributed by atoms with Gasteiger partial charge in [0.15, 0.2) is 0 Å². The largest absolute Gasteiger partial charge is 0.481 e. The van der Waals surface area contributed by atoms with Crippen LogP contribution in [0.5, 0.6) is 0 Å². The number of hydrogen-bond acceptors (Lipinski definition) is 2. The summed E-state index contributed by atoms with van der Waals surface area (Å²) in [5.41, 5.74) is 1.38. The standard InChI is InChI=1S/C17H21NO3/c19-16(14-10-15(14)17(20)21)18-13-8-6-12(7-9-13)11-4-2-1-3-5-11/h1-5,12-15H,6-10H2,(H,18,19)(H,20,21). The topological polar surface area (TPSA) is 66.4 Å². The van der Waals surface area contributed by atoms with Gasteiger partial charge in [-0.3, -0.25) is 9.59 Å². The lowest BCUT2D eigenvalue weighted by Crippen LogP contribution is -2.38. The van der Waals surface area contributed by atoms with Crippen molar-refractivity contribution in [2.45, 2.75) is 44.1 Å². The molecule has 112 valence electrons. The van der Waals surface area contributed by atoms with Crippen molar-refractivity contribution in [3.05, 3.63) is 35.9 Å². The normalized spacial score (nSPS) is 31.4. The molecule has 4 heteroatoms. The van der Waals surface area contributed by atoms with Crippen LogP contribution in [0.4, 0.5) is 0 Å². The third kappa shape index (κ3) is 3.26. The van der Waals surface area contributed by atoms with Crippen LogP contribution >= 0.6 is 0 Å². The van der Waals surface area contributed by atoms with Crippen LogP contribution in [0.3, 0.4) is 0 Å². The van der Waals surface area contributed by atoms with Gasteiger partial charge in [0.1, 0.15) is 0 Å². The number of amides is 1. The second-order valence-corrected chi connectivity index (χ2v) is 6.25. The van der Waals surface area contributed by atoms with Crippen LogP contribution in [0, 0.1) is 11.8 Å². The van der Waals surface area contributed by atoms with Crippen LogP contribution < -0.4 is 5.32 Å². The fourth-order valence-corrected chi connectivity index (χ4v) is 3.36. The third-order valence-corrected chi connectivity index (χ3v) is 4.79. The van der Waals surface area contributed by atoms with E-state index < -0.39 is 11.9 Å². The predicted octanol–water partition coefficient (Wildman–Crippen LogP) is 2.55. The first-order valence-corrected chi connectivity index (χ1v) is 7.73. The van der Waals surface area contributed by atoms with E-state index in [2.05, 4.69) is 29.6 Å². The zero-order valence-corrected chi connectivity index (χ0v) is 12.0. The molecule has 2 N–H and O–H groups in total. The van der Waals surface area contributed by atoms with Crippen LogP contribution in [0.15, 0.2) is 30.3 Å². The first-order chi connectivity index (χ1) is 10.1. The fraction of sp³-hybridized carbons (Fsp3) is 0.529. The number of hydrogen-bond donors (Lipinski definition) is 2. The number of aliphatic carboxylic acids is 1. The van der Waals surface area contributed by atoms with Gasteiger partial charge in [0.05, 0.1) is 11.8 Å². The summed E-state index contributed by atoms with van der Waals surface area (Å²) < 4.78 is 0. The van der Waals surface area contributed by atoms with E-state index in [1.165, 1.54) is 5.56 Å². The summed E-state index contributed by atoms with van der Waals surface area (Å²) in [5.74, 6) is -1.07. The van der Waals surface area contributed by atoms with Crippen molar-refractivity contribution >= 4 is 11.9 Å². The molecule has 1 amide bonds. The molecule has 21 heavy (non-hydrogen) atoms. The Morgan fingerprint density at radius 1 is 1.00 bits per heavy atom. The Kier molecular flexibility index (Phi) is 3.95. The zero-order valence-electron chi connectivity index (χ0n) is 12.0. The smallest absolute Gasteiger partial charge is 0.307 e. The molecule has 2 aliphatic rings. The second-order valence-electron chi connectivity index (χ2n) is 6.25. The highest BCUT2D eigenvalue weighted by molar-refractivity contribution is 5.89. The van der Waals surface area contributed by atoms with Gasteiger partial charge in [0.25, 0.3) is 0 Å². The minimum Gasteiger partial charge on any atom is -0.481 e. The van der Waals surface area contributed by atoms with Gasteiger partial charge in [-0.15, -0.1) is 0 Å². The lowest BCUT2D eigenvalue weighted by atomic mass is 9.82. The number of benzene rings is 1. The van der Waals surface area contributed by atoms with E-state index in [4.69, 9.17) is 5.11 Å². The van der Waals surface area contributed by atoms with E-state index in [0.29, 0.717) is 12.3 Å². The Morgan fingerprint density at radius 2 is 1.67 bits per heavy atom. The van der Waals surface area contributed by atoms with Crippen molar-refractivity contribution in [1.82, 2.24) is 5.32 Å². The first kappa shape index (κ1) is 14.1. The highest BCUT2D eigenvalue weighted by Crippen LogP contribution is 2.39. The molecule has 0 heterocycles. The molecule has 2 saturated carbocycles. The van der Waals surface area contributed by atoms with Crippen LogP contribution in [-0.2, 0) is 9.59 Å². The molecule has 0 aliphatic heterocycles. The van der Waals surface area contributed by atoms with E-state index >= 15 is 0 Å². The van der Waals surface area contributed by atoms with Crippen molar-refractivity contribution < 1.29 is 14.7 Å². The molecular formula is C17H21NO3. The average Bonchev–Trinajstić information content (AvgIpc) is 3.30. The monoisotopic (exact) mass is 287 g/mol. The van der Waals surface area contributed by atoms with E-state index in [9.17, 15) is 9.59 Å². The van der Waals surface area contributed by atoms with Crippen LogP contribution in [0.1, 0.15) is 43.6 Å². The lowest BCUT2D eigenvalue weighted by Gasteiger charge is -2.29. The number of carbonyl (C=O) groups is 2. The van der Waals surface area contributed by atoms with Crippen LogP contribution in [-0.4, -0.2) is 23.0 Å². The molecule has 0 radical (unpaired) electrons. The summed E-state index contributed by atoms with van der Waals surface area (Å²) in [6, 6.07) is 10.7. The molecule has 2 fully saturated rings. The number of carboxylic acid groups (broad SMARTS) is 1. The molecule has 2 atom stereocenters. The number of carbonyl (C=O) groups excluding carboxylic acids is 1. The predicted molar refractivity (Wildman–Crippen MR) is 78.8 cm³/mol. The maximum Gasteiger partial charge on any atom is 0.307 e. The van der Waals surface area contributed by atoms with E-state index in [0.717, 1.165) is 25.7 Å². The SMILES string of the molecule is O=C(O)C1CC1C(=O)NC1CCC(c2ccccc2)CC1. The van der Waals surface area contributed by atoms with Crippen molar-refractivity contribution in [3.63, 3.8) is 0 Å². The summed E-state index contributed by atoms with van der Waals surface area (Å²) in [4.78, 5) is 22.8. The average molecular weight is 287 g/mol. The Labute approximate surface area is 124 Å².